The Kier molecular flexibility index (Phi) is 5.93. The number of ether oxygens (including phenoxy) is 1. The summed E-state index contributed by atoms with van der Waals surface area (Å²) in [5.74, 6) is -0.502. The van der Waals surface area contributed by atoms with Crippen molar-refractivity contribution in [3.8, 4) is 0 Å². The van der Waals surface area contributed by atoms with E-state index in [1.54, 1.807) is 0 Å². The minimum absolute atomic E-state index is 0.000718. The molecule has 2 unspecified atom stereocenters. The second-order valence-electron chi connectivity index (χ2n) is 4.36. The van der Waals surface area contributed by atoms with Crippen LogP contribution in [-0.4, -0.2) is 43.7 Å². The van der Waals surface area contributed by atoms with E-state index in [9.17, 15) is 9.59 Å². The van der Waals surface area contributed by atoms with E-state index in [0.717, 1.165) is 19.3 Å². The van der Waals surface area contributed by atoms with E-state index in [-0.39, 0.29) is 18.6 Å². The van der Waals surface area contributed by atoms with Crippen molar-refractivity contribution in [1.29, 1.82) is 0 Å². The minimum Gasteiger partial charge on any atom is -0.370 e. The van der Waals surface area contributed by atoms with Gasteiger partial charge in [0.05, 0.1) is 12.6 Å². The van der Waals surface area contributed by atoms with Crippen LogP contribution in [0.5, 0.6) is 0 Å². The molecule has 4 N–H and O–H groups in total. The molecule has 17 heavy (non-hydrogen) atoms. The maximum Gasteiger partial charge on any atom is 0.243 e. The first-order valence-electron chi connectivity index (χ1n) is 5.99. The van der Waals surface area contributed by atoms with Gasteiger partial charge in [0.1, 0.15) is 6.61 Å². The van der Waals surface area contributed by atoms with Crippen LogP contribution in [0.1, 0.15) is 26.2 Å². The Bertz CT molecular complexity index is 271. The molecule has 1 aliphatic heterocycles. The highest BCUT2D eigenvalue weighted by Gasteiger charge is 2.23. The average Bonchev–Trinajstić information content (AvgIpc) is 2.28. The third-order valence-electron chi connectivity index (χ3n) is 2.72. The van der Waals surface area contributed by atoms with E-state index in [0.29, 0.717) is 19.2 Å². The number of hydrogen-bond donors (Lipinski definition) is 3. The van der Waals surface area contributed by atoms with Gasteiger partial charge in [0.25, 0.3) is 0 Å². The second-order valence-corrected chi connectivity index (χ2v) is 4.36. The molecule has 0 aromatic rings. The summed E-state index contributed by atoms with van der Waals surface area (Å²) >= 11 is 0. The van der Waals surface area contributed by atoms with Gasteiger partial charge in [-0.1, -0.05) is 0 Å². The molecule has 2 atom stereocenters. The average molecular weight is 243 g/mol. The fourth-order valence-electron chi connectivity index (χ4n) is 1.89. The molecule has 0 spiro atoms. The molecule has 0 aromatic heterocycles. The number of primary amides is 1. The zero-order chi connectivity index (χ0) is 12.7. The molecule has 1 saturated heterocycles. The van der Waals surface area contributed by atoms with Crippen molar-refractivity contribution in [2.75, 3.05) is 19.8 Å². The number of hydrogen-bond acceptors (Lipinski definition) is 4. The molecule has 0 aromatic carbocycles. The number of amides is 2. The second kappa shape index (κ2) is 7.24. The SMILES string of the molecule is CC1CCCC(C(=O)NCCOCC(N)=O)N1. The largest absolute Gasteiger partial charge is 0.370 e. The van der Waals surface area contributed by atoms with E-state index in [2.05, 4.69) is 17.6 Å². The lowest BCUT2D eigenvalue weighted by molar-refractivity contribution is -0.124. The molecule has 0 aliphatic carbocycles. The Morgan fingerprint density at radius 3 is 2.88 bits per heavy atom. The van der Waals surface area contributed by atoms with E-state index in [1.807, 2.05) is 0 Å². The maximum absolute atomic E-state index is 11.7. The smallest absolute Gasteiger partial charge is 0.243 e. The highest BCUT2D eigenvalue weighted by molar-refractivity contribution is 5.81. The number of piperidine rings is 1. The van der Waals surface area contributed by atoms with Gasteiger partial charge in [-0.05, 0) is 26.2 Å². The molecule has 6 nitrogen and oxygen atoms in total. The molecule has 1 aliphatic rings. The van der Waals surface area contributed by atoms with Crippen LogP contribution in [0, 0.1) is 0 Å². The Hall–Kier alpha value is -1.14. The fourth-order valence-corrected chi connectivity index (χ4v) is 1.89. The zero-order valence-electron chi connectivity index (χ0n) is 10.2. The number of carbonyl (C=O) groups is 2. The summed E-state index contributed by atoms with van der Waals surface area (Å²) in [6, 6.07) is 0.292. The van der Waals surface area contributed by atoms with Crippen LogP contribution < -0.4 is 16.4 Å². The highest BCUT2D eigenvalue weighted by Crippen LogP contribution is 2.11. The van der Waals surface area contributed by atoms with Crippen LogP contribution in [-0.2, 0) is 14.3 Å². The first-order chi connectivity index (χ1) is 8.09. The van der Waals surface area contributed by atoms with Crippen molar-refractivity contribution in [3.63, 3.8) is 0 Å². The topological polar surface area (TPSA) is 93.4 Å². The standard InChI is InChI=1S/C11H21N3O3/c1-8-3-2-4-9(14-8)11(16)13-5-6-17-7-10(12)15/h8-9,14H,2-7H2,1H3,(H2,12,15)(H,13,16). The monoisotopic (exact) mass is 243 g/mol. The highest BCUT2D eigenvalue weighted by atomic mass is 16.5. The van der Waals surface area contributed by atoms with Crippen molar-refractivity contribution < 1.29 is 14.3 Å². The van der Waals surface area contributed by atoms with Gasteiger partial charge in [0, 0.05) is 12.6 Å². The van der Waals surface area contributed by atoms with E-state index in [1.165, 1.54) is 0 Å². The molecule has 6 heteroatoms. The molecule has 1 fully saturated rings. The maximum atomic E-state index is 11.7. The van der Waals surface area contributed by atoms with Gasteiger partial charge in [-0.3, -0.25) is 9.59 Å². The first-order valence-corrected chi connectivity index (χ1v) is 5.99. The Balaban J connectivity index is 2.10. The van der Waals surface area contributed by atoms with E-state index < -0.39 is 5.91 Å². The Morgan fingerprint density at radius 2 is 2.24 bits per heavy atom. The van der Waals surface area contributed by atoms with Gasteiger partial charge in [0.2, 0.25) is 11.8 Å². The normalized spacial score (nSPS) is 24.3. The van der Waals surface area contributed by atoms with Crippen molar-refractivity contribution in [1.82, 2.24) is 10.6 Å². The summed E-state index contributed by atoms with van der Waals surface area (Å²) in [7, 11) is 0. The lowest BCUT2D eigenvalue weighted by Crippen LogP contribution is -2.50. The number of nitrogens with two attached hydrogens (primary N) is 1. The van der Waals surface area contributed by atoms with Crippen LogP contribution in [0.15, 0.2) is 0 Å². The lowest BCUT2D eigenvalue weighted by Gasteiger charge is -2.27. The fraction of sp³-hybridized carbons (Fsp3) is 0.818. The molecule has 98 valence electrons. The van der Waals surface area contributed by atoms with Gasteiger partial charge >= 0.3 is 0 Å². The summed E-state index contributed by atoms with van der Waals surface area (Å²) < 4.78 is 4.94. The van der Waals surface area contributed by atoms with Crippen molar-refractivity contribution in [3.05, 3.63) is 0 Å². The molecule has 1 rings (SSSR count). The summed E-state index contributed by atoms with van der Waals surface area (Å²) in [6.07, 6.45) is 3.06. The Labute approximate surface area is 101 Å². The van der Waals surface area contributed by atoms with E-state index >= 15 is 0 Å². The van der Waals surface area contributed by atoms with Crippen LogP contribution in [0.3, 0.4) is 0 Å². The summed E-state index contributed by atoms with van der Waals surface area (Å²) in [5, 5.41) is 6.02. The van der Waals surface area contributed by atoms with Crippen molar-refractivity contribution in [2.24, 2.45) is 5.73 Å². The van der Waals surface area contributed by atoms with Crippen molar-refractivity contribution >= 4 is 11.8 Å². The number of rotatable bonds is 6. The predicted octanol–water partition coefficient (Wildman–Crippen LogP) is -0.865. The minimum atomic E-state index is -0.501. The molecule has 0 radical (unpaired) electrons. The molecular weight excluding hydrogens is 222 g/mol. The van der Waals surface area contributed by atoms with Gasteiger partial charge < -0.3 is 21.1 Å². The van der Waals surface area contributed by atoms with Gasteiger partial charge in [-0.15, -0.1) is 0 Å². The van der Waals surface area contributed by atoms with Crippen LogP contribution in [0.4, 0.5) is 0 Å². The predicted molar refractivity (Wildman–Crippen MR) is 63.3 cm³/mol. The molecular formula is C11H21N3O3. The van der Waals surface area contributed by atoms with Crippen LogP contribution in [0.25, 0.3) is 0 Å². The molecule has 1 heterocycles. The first kappa shape index (κ1) is 13.9. The number of carbonyl (C=O) groups excluding carboxylic acids is 2. The summed E-state index contributed by atoms with van der Waals surface area (Å²) in [5.41, 5.74) is 4.91. The van der Waals surface area contributed by atoms with Gasteiger partial charge in [-0.25, -0.2) is 0 Å². The van der Waals surface area contributed by atoms with Gasteiger partial charge in [0.15, 0.2) is 0 Å². The summed E-state index contributed by atoms with van der Waals surface area (Å²) in [6.45, 7) is 2.68. The number of nitrogens with one attached hydrogen (secondary N) is 2. The zero-order valence-corrected chi connectivity index (χ0v) is 10.2. The van der Waals surface area contributed by atoms with Crippen molar-refractivity contribution in [2.45, 2.75) is 38.3 Å². The molecule has 0 bridgehead atoms. The quantitative estimate of drug-likeness (QED) is 0.529. The third kappa shape index (κ3) is 5.65. The third-order valence-corrected chi connectivity index (χ3v) is 2.72. The van der Waals surface area contributed by atoms with Gasteiger partial charge in [-0.2, -0.15) is 0 Å². The van der Waals surface area contributed by atoms with Crippen LogP contribution >= 0.6 is 0 Å². The Morgan fingerprint density at radius 1 is 1.47 bits per heavy atom. The molecule has 2 amide bonds. The lowest BCUT2D eigenvalue weighted by atomic mass is 9.99. The summed E-state index contributed by atoms with van der Waals surface area (Å²) in [4.78, 5) is 22.1. The van der Waals surface area contributed by atoms with Crippen LogP contribution in [0.2, 0.25) is 0 Å². The van der Waals surface area contributed by atoms with E-state index in [4.69, 9.17) is 10.5 Å². The molecule has 0 saturated carbocycles.